The SMILES string of the molecule is CC(=O)c1cccc(Oc2ccc(C(C)C)c(C)c2)c1. The molecular formula is C18H20O2. The monoisotopic (exact) mass is 268 g/mol. The molecule has 2 aromatic carbocycles. The van der Waals surface area contributed by atoms with Gasteiger partial charge < -0.3 is 4.74 Å². The molecule has 0 unspecified atom stereocenters. The number of carbonyl (C=O) groups excluding carboxylic acids is 1. The molecule has 0 saturated carbocycles. The van der Waals surface area contributed by atoms with Crippen molar-refractivity contribution < 1.29 is 9.53 Å². The van der Waals surface area contributed by atoms with Gasteiger partial charge in [0.25, 0.3) is 0 Å². The first-order valence-corrected chi connectivity index (χ1v) is 6.87. The maximum absolute atomic E-state index is 11.4. The molecule has 0 fully saturated rings. The first kappa shape index (κ1) is 14.3. The van der Waals surface area contributed by atoms with Gasteiger partial charge in [-0.25, -0.2) is 0 Å². The summed E-state index contributed by atoms with van der Waals surface area (Å²) in [6.45, 7) is 8.01. The zero-order chi connectivity index (χ0) is 14.7. The molecule has 0 aliphatic carbocycles. The number of hydrogen-bond acceptors (Lipinski definition) is 2. The molecule has 0 amide bonds. The average molecular weight is 268 g/mol. The highest BCUT2D eigenvalue weighted by Gasteiger charge is 2.06. The van der Waals surface area contributed by atoms with Crippen molar-refractivity contribution in [3.05, 3.63) is 59.2 Å². The summed E-state index contributed by atoms with van der Waals surface area (Å²) < 4.78 is 5.83. The van der Waals surface area contributed by atoms with Gasteiger partial charge in [-0.2, -0.15) is 0 Å². The second-order valence-corrected chi connectivity index (χ2v) is 5.36. The van der Waals surface area contributed by atoms with Crippen LogP contribution in [0.15, 0.2) is 42.5 Å². The van der Waals surface area contributed by atoms with Crippen molar-refractivity contribution in [2.24, 2.45) is 0 Å². The predicted molar refractivity (Wildman–Crippen MR) is 81.8 cm³/mol. The fraction of sp³-hybridized carbons (Fsp3) is 0.278. The van der Waals surface area contributed by atoms with Gasteiger partial charge in [0.15, 0.2) is 5.78 Å². The van der Waals surface area contributed by atoms with E-state index in [9.17, 15) is 4.79 Å². The molecule has 0 atom stereocenters. The maximum atomic E-state index is 11.4. The number of aryl methyl sites for hydroxylation is 1. The third-order valence-electron chi connectivity index (χ3n) is 3.34. The van der Waals surface area contributed by atoms with Crippen LogP contribution in [0.3, 0.4) is 0 Å². The van der Waals surface area contributed by atoms with E-state index < -0.39 is 0 Å². The van der Waals surface area contributed by atoms with E-state index in [1.807, 2.05) is 24.3 Å². The predicted octanol–water partition coefficient (Wildman–Crippen LogP) is 5.11. The molecule has 0 bridgehead atoms. The van der Waals surface area contributed by atoms with Gasteiger partial charge in [0.2, 0.25) is 0 Å². The lowest BCUT2D eigenvalue weighted by atomic mass is 9.98. The van der Waals surface area contributed by atoms with Crippen molar-refractivity contribution in [3.8, 4) is 11.5 Å². The van der Waals surface area contributed by atoms with Crippen LogP contribution < -0.4 is 4.74 Å². The van der Waals surface area contributed by atoms with Crippen LogP contribution in [0, 0.1) is 6.92 Å². The highest BCUT2D eigenvalue weighted by Crippen LogP contribution is 2.27. The zero-order valence-corrected chi connectivity index (χ0v) is 12.4. The fourth-order valence-electron chi connectivity index (χ4n) is 2.27. The minimum atomic E-state index is 0.0433. The largest absolute Gasteiger partial charge is 0.457 e. The van der Waals surface area contributed by atoms with E-state index in [1.165, 1.54) is 11.1 Å². The van der Waals surface area contributed by atoms with Crippen molar-refractivity contribution in [1.82, 2.24) is 0 Å². The van der Waals surface area contributed by atoms with E-state index in [2.05, 4.69) is 26.8 Å². The Kier molecular flexibility index (Phi) is 4.23. The molecule has 0 saturated heterocycles. The Labute approximate surface area is 120 Å². The number of ketones is 1. The second kappa shape index (κ2) is 5.91. The Bertz CT molecular complexity index is 627. The van der Waals surface area contributed by atoms with Crippen LogP contribution in [0.2, 0.25) is 0 Å². The highest BCUT2D eigenvalue weighted by atomic mass is 16.5. The van der Waals surface area contributed by atoms with E-state index in [1.54, 1.807) is 19.1 Å². The fourth-order valence-corrected chi connectivity index (χ4v) is 2.27. The molecule has 2 heteroatoms. The number of benzene rings is 2. The Morgan fingerprint density at radius 2 is 1.75 bits per heavy atom. The van der Waals surface area contributed by atoms with Crippen molar-refractivity contribution >= 4 is 5.78 Å². The third-order valence-corrected chi connectivity index (χ3v) is 3.34. The van der Waals surface area contributed by atoms with Crippen LogP contribution in [-0.2, 0) is 0 Å². The van der Waals surface area contributed by atoms with Crippen LogP contribution in [0.1, 0.15) is 48.2 Å². The van der Waals surface area contributed by atoms with Gasteiger partial charge in [-0.15, -0.1) is 0 Å². The second-order valence-electron chi connectivity index (χ2n) is 5.36. The smallest absolute Gasteiger partial charge is 0.159 e. The van der Waals surface area contributed by atoms with Crippen LogP contribution in [-0.4, -0.2) is 5.78 Å². The summed E-state index contributed by atoms with van der Waals surface area (Å²) in [5.74, 6) is 2.04. The minimum absolute atomic E-state index is 0.0433. The Morgan fingerprint density at radius 1 is 1.05 bits per heavy atom. The maximum Gasteiger partial charge on any atom is 0.159 e. The minimum Gasteiger partial charge on any atom is -0.457 e. The molecule has 2 rings (SSSR count). The van der Waals surface area contributed by atoms with Gasteiger partial charge in [-0.05, 0) is 55.2 Å². The molecule has 0 radical (unpaired) electrons. The molecule has 0 aliphatic heterocycles. The van der Waals surface area contributed by atoms with Crippen molar-refractivity contribution in [2.45, 2.75) is 33.6 Å². The van der Waals surface area contributed by atoms with Crippen LogP contribution in [0.5, 0.6) is 11.5 Å². The van der Waals surface area contributed by atoms with E-state index in [0.29, 0.717) is 17.2 Å². The van der Waals surface area contributed by atoms with E-state index >= 15 is 0 Å². The summed E-state index contributed by atoms with van der Waals surface area (Å²) in [5, 5.41) is 0. The van der Waals surface area contributed by atoms with E-state index in [0.717, 1.165) is 5.75 Å². The quantitative estimate of drug-likeness (QED) is 0.720. The van der Waals surface area contributed by atoms with Crippen LogP contribution in [0.4, 0.5) is 0 Å². The molecule has 104 valence electrons. The molecule has 0 N–H and O–H groups in total. The summed E-state index contributed by atoms with van der Waals surface area (Å²) in [6, 6.07) is 13.4. The summed E-state index contributed by atoms with van der Waals surface area (Å²) in [6.07, 6.45) is 0. The zero-order valence-electron chi connectivity index (χ0n) is 12.4. The molecule has 2 nitrogen and oxygen atoms in total. The van der Waals surface area contributed by atoms with Gasteiger partial charge in [-0.3, -0.25) is 4.79 Å². The molecule has 20 heavy (non-hydrogen) atoms. The molecule has 0 aromatic heterocycles. The highest BCUT2D eigenvalue weighted by molar-refractivity contribution is 5.94. The lowest BCUT2D eigenvalue weighted by molar-refractivity contribution is 0.101. The van der Waals surface area contributed by atoms with Gasteiger partial charge in [0.1, 0.15) is 11.5 Å². The standard InChI is InChI=1S/C18H20O2/c1-12(2)18-9-8-17(10-13(18)3)20-16-7-5-6-15(11-16)14(4)19/h5-12H,1-4H3. The number of ether oxygens (including phenoxy) is 1. The van der Waals surface area contributed by atoms with E-state index in [-0.39, 0.29) is 5.78 Å². The van der Waals surface area contributed by atoms with Crippen LogP contribution in [0.25, 0.3) is 0 Å². The summed E-state index contributed by atoms with van der Waals surface area (Å²) >= 11 is 0. The lowest BCUT2D eigenvalue weighted by Gasteiger charge is -2.12. The molecule has 0 aliphatic rings. The Balaban J connectivity index is 2.24. The van der Waals surface area contributed by atoms with Crippen molar-refractivity contribution in [2.75, 3.05) is 0 Å². The summed E-state index contributed by atoms with van der Waals surface area (Å²) in [5.41, 5.74) is 3.22. The first-order chi connectivity index (χ1) is 9.47. The van der Waals surface area contributed by atoms with Crippen molar-refractivity contribution in [1.29, 1.82) is 0 Å². The molecular weight excluding hydrogens is 248 g/mol. The lowest BCUT2D eigenvalue weighted by Crippen LogP contribution is -1.94. The van der Waals surface area contributed by atoms with E-state index in [4.69, 9.17) is 4.74 Å². The Morgan fingerprint density at radius 3 is 2.35 bits per heavy atom. The first-order valence-electron chi connectivity index (χ1n) is 6.87. The number of Topliss-reactive ketones (excluding diaryl/α,β-unsaturated/α-hetero) is 1. The van der Waals surface area contributed by atoms with Gasteiger partial charge in [0, 0.05) is 5.56 Å². The Hall–Kier alpha value is -2.09. The molecule has 0 spiro atoms. The average Bonchev–Trinajstić information content (AvgIpc) is 2.38. The van der Waals surface area contributed by atoms with Gasteiger partial charge in [0.05, 0.1) is 0 Å². The van der Waals surface area contributed by atoms with Crippen LogP contribution >= 0.6 is 0 Å². The van der Waals surface area contributed by atoms with Crippen molar-refractivity contribution in [3.63, 3.8) is 0 Å². The van der Waals surface area contributed by atoms with Gasteiger partial charge in [-0.1, -0.05) is 32.0 Å². The number of rotatable bonds is 4. The van der Waals surface area contributed by atoms with Gasteiger partial charge >= 0.3 is 0 Å². The molecule has 2 aromatic rings. The number of hydrogen-bond donors (Lipinski definition) is 0. The summed E-state index contributed by atoms with van der Waals surface area (Å²) in [4.78, 5) is 11.4. The third kappa shape index (κ3) is 3.27. The summed E-state index contributed by atoms with van der Waals surface area (Å²) in [7, 11) is 0. The normalized spacial score (nSPS) is 10.7. The topological polar surface area (TPSA) is 26.3 Å². The number of carbonyl (C=O) groups is 1. The molecule has 0 heterocycles.